The molecule has 0 unspecified atom stereocenters. The van der Waals surface area contributed by atoms with Gasteiger partial charge in [-0.3, -0.25) is 19.1 Å². The topological polar surface area (TPSA) is 138 Å². The molecule has 2 aliphatic rings. The molecular formula is C35H44Cl2N8O5. The fourth-order valence-corrected chi connectivity index (χ4v) is 7.17. The predicted molar refractivity (Wildman–Crippen MR) is 194 cm³/mol. The van der Waals surface area contributed by atoms with Gasteiger partial charge in [0.05, 0.1) is 49.1 Å². The zero-order valence-corrected chi connectivity index (χ0v) is 30.9. The molecular weight excluding hydrogens is 683 g/mol. The summed E-state index contributed by atoms with van der Waals surface area (Å²) in [6, 6.07) is 5.38. The van der Waals surface area contributed by atoms with Crippen molar-refractivity contribution in [1.82, 2.24) is 29.2 Å². The van der Waals surface area contributed by atoms with Crippen molar-refractivity contribution in [3.05, 3.63) is 50.4 Å². The fraction of sp³-hybridized carbons (Fsp3) is 0.514. The van der Waals surface area contributed by atoms with Gasteiger partial charge in [0.15, 0.2) is 0 Å². The Balaban J connectivity index is 1.30. The first-order chi connectivity index (χ1) is 23.9. The van der Waals surface area contributed by atoms with E-state index in [1.54, 1.807) is 30.3 Å². The summed E-state index contributed by atoms with van der Waals surface area (Å²) in [6.07, 6.45) is 4.50. The zero-order valence-electron chi connectivity index (χ0n) is 29.4. The average Bonchev–Trinajstić information content (AvgIpc) is 3.12. The van der Waals surface area contributed by atoms with Crippen molar-refractivity contribution >= 4 is 46.1 Å². The van der Waals surface area contributed by atoms with Crippen LogP contribution in [0.2, 0.25) is 10.0 Å². The lowest BCUT2D eigenvalue weighted by atomic mass is 9.97. The third-order valence-corrected chi connectivity index (χ3v) is 10.2. The summed E-state index contributed by atoms with van der Waals surface area (Å²) in [6.45, 7) is 9.07. The van der Waals surface area contributed by atoms with Crippen LogP contribution in [0.5, 0.6) is 11.5 Å². The molecule has 1 amide bonds. The van der Waals surface area contributed by atoms with Crippen LogP contribution >= 0.6 is 23.2 Å². The molecule has 15 heteroatoms. The Morgan fingerprint density at radius 3 is 2.30 bits per heavy atom. The largest absolute Gasteiger partial charge is 0.495 e. The molecule has 0 saturated carbocycles. The van der Waals surface area contributed by atoms with Gasteiger partial charge >= 0.3 is 0 Å². The Kier molecular flexibility index (Phi) is 11.9. The van der Waals surface area contributed by atoms with Crippen molar-refractivity contribution in [2.24, 2.45) is 0 Å². The molecule has 3 aromatic rings. The summed E-state index contributed by atoms with van der Waals surface area (Å²) in [7, 11) is 6.73. The maximum atomic E-state index is 14.1. The number of rotatable bonds is 11. The molecule has 2 aliphatic heterocycles. The number of aromatic nitrogens is 3. The normalized spacial score (nSPS) is 16.8. The smallest absolute Gasteiger partial charge is 0.264 e. The van der Waals surface area contributed by atoms with Crippen LogP contribution in [0.1, 0.15) is 26.7 Å². The van der Waals surface area contributed by atoms with E-state index >= 15 is 0 Å². The van der Waals surface area contributed by atoms with Crippen molar-refractivity contribution in [2.45, 2.75) is 44.9 Å². The van der Waals surface area contributed by atoms with Crippen molar-refractivity contribution in [2.75, 3.05) is 79.5 Å². The average molecular weight is 728 g/mol. The lowest BCUT2D eigenvalue weighted by Crippen LogP contribution is -2.53. The van der Waals surface area contributed by atoms with E-state index in [9.17, 15) is 14.9 Å². The predicted octanol–water partition coefficient (Wildman–Crippen LogP) is 4.31. The van der Waals surface area contributed by atoms with E-state index < -0.39 is 5.54 Å². The Morgan fingerprint density at radius 2 is 1.72 bits per heavy atom. The van der Waals surface area contributed by atoms with Gasteiger partial charge in [-0.25, -0.2) is 4.98 Å². The van der Waals surface area contributed by atoms with Gasteiger partial charge in [0.25, 0.3) is 11.5 Å². The number of hydrogen-bond acceptors (Lipinski definition) is 11. The van der Waals surface area contributed by atoms with Crippen LogP contribution in [0, 0.1) is 11.3 Å². The second-order valence-corrected chi connectivity index (χ2v) is 13.8. The van der Waals surface area contributed by atoms with E-state index in [4.69, 9.17) is 37.4 Å². The summed E-state index contributed by atoms with van der Waals surface area (Å²) in [5.41, 5.74) is 0.289. The second-order valence-electron chi connectivity index (χ2n) is 13.0. The summed E-state index contributed by atoms with van der Waals surface area (Å²) in [5.74, 6) is 0.711. The number of nitrogens with zero attached hydrogens (tertiary/aromatic N) is 7. The SMILES string of the molecule is CNc1ncc2cc(-c3c(Cl)c(OC)cc(OC)c3Cl)c(=O)n(CCOC3CCN(C(=O)/C(C#N)=C\C(C)(C)N4CCN(C)CC4)CC3)c2n1. The van der Waals surface area contributed by atoms with E-state index in [0.717, 1.165) is 26.2 Å². The Morgan fingerprint density at radius 1 is 1.08 bits per heavy atom. The summed E-state index contributed by atoms with van der Waals surface area (Å²) < 4.78 is 18.7. The Hall–Kier alpha value is -3.93. The number of piperazine rings is 1. The molecule has 0 radical (unpaired) electrons. The van der Waals surface area contributed by atoms with Crippen molar-refractivity contribution < 1.29 is 19.0 Å². The summed E-state index contributed by atoms with van der Waals surface area (Å²) in [5, 5.41) is 13.8. The van der Waals surface area contributed by atoms with Gasteiger partial charge in [-0.15, -0.1) is 0 Å². The highest BCUT2D eigenvalue weighted by Crippen LogP contribution is 2.45. The molecule has 0 aliphatic carbocycles. The minimum Gasteiger partial charge on any atom is -0.495 e. The number of piperidine rings is 1. The quantitative estimate of drug-likeness (QED) is 0.224. The molecule has 268 valence electrons. The lowest BCUT2D eigenvalue weighted by Gasteiger charge is -2.42. The number of carbonyl (C=O) groups is 1. The van der Waals surface area contributed by atoms with Gasteiger partial charge in [-0.05, 0) is 45.9 Å². The zero-order chi connectivity index (χ0) is 36.2. The molecule has 50 heavy (non-hydrogen) atoms. The summed E-state index contributed by atoms with van der Waals surface area (Å²) in [4.78, 5) is 42.8. The Labute approximate surface area is 302 Å². The van der Waals surface area contributed by atoms with Gasteiger partial charge < -0.3 is 29.3 Å². The van der Waals surface area contributed by atoms with Gasteiger partial charge in [0, 0.05) is 75.1 Å². The van der Waals surface area contributed by atoms with Crippen LogP contribution in [0.15, 0.2) is 34.8 Å². The highest BCUT2D eigenvalue weighted by molar-refractivity contribution is 6.41. The molecule has 13 nitrogen and oxygen atoms in total. The maximum absolute atomic E-state index is 14.1. The number of fused-ring (bicyclic) bond motifs is 1. The number of hydrogen-bond donors (Lipinski definition) is 1. The third-order valence-electron chi connectivity index (χ3n) is 9.46. The first kappa shape index (κ1) is 37.3. The highest BCUT2D eigenvalue weighted by atomic mass is 35.5. The van der Waals surface area contributed by atoms with Gasteiger partial charge in [0.2, 0.25) is 5.95 Å². The number of ether oxygens (including phenoxy) is 3. The first-order valence-electron chi connectivity index (χ1n) is 16.6. The number of benzene rings is 1. The van der Waals surface area contributed by atoms with Crippen LogP contribution < -0.4 is 20.3 Å². The number of nitrogens with one attached hydrogen (secondary N) is 1. The molecule has 0 bridgehead atoms. The number of pyridine rings is 1. The van der Waals surface area contributed by atoms with Gasteiger partial charge in [-0.1, -0.05) is 23.2 Å². The van der Waals surface area contributed by atoms with Crippen LogP contribution in [0.25, 0.3) is 22.2 Å². The summed E-state index contributed by atoms with van der Waals surface area (Å²) >= 11 is 13.4. The first-order valence-corrected chi connectivity index (χ1v) is 17.3. The number of likely N-dealkylation sites (tertiary alicyclic amines) is 1. The van der Waals surface area contributed by atoms with Crippen LogP contribution in [0.3, 0.4) is 0 Å². The highest BCUT2D eigenvalue weighted by Gasteiger charge is 2.31. The van der Waals surface area contributed by atoms with Crippen LogP contribution in [-0.4, -0.2) is 121 Å². The van der Waals surface area contributed by atoms with Crippen molar-refractivity contribution in [3.8, 4) is 28.7 Å². The monoisotopic (exact) mass is 726 g/mol. The molecule has 1 N–H and O–H groups in total. The van der Waals surface area contributed by atoms with E-state index in [2.05, 4.69) is 52.0 Å². The standard InChI is InChI=1S/C35H44Cl2N8O5/c1-35(2,44-13-11-42(4)12-14-44)19-23(20-38)32(46)43-9-7-24(8-10-43)50-16-15-45-31-22(21-40-34(39-3)41-31)17-25(33(45)47)28-29(36)26(48-5)18-27(49-6)30(28)37/h17-19,21,24H,7-16H2,1-6H3,(H,39,40,41)/b23-19-. The molecule has 1 aromatic carbocycles. The molecule has 4 heterocycles. The fourth-order valence-electron chi connectivity index (χ4n) is 6.46. The van der Waals surface area contributed by atoms with Gasteiger partial charge in [-0.2, -0.15) is 10.2 Å². The second kappa shape index (κ2) is 16.0. The molecule has 0 atom stereocenters. The van der Waals surface area contributed by atoms with Crippen molar-refractivity contribution in [1.29, 1.82) is 5.26 Å². The molecule has 5 rings (SSSR count). The van der Waals surface area contributed by atoms with E-state index in [-0.39, 0.29) is 57.5 Å². The van der Waals surface area contributed by atoms with Crippen molar-refractivity contribution in [3.63, 3.8) is 0 Å². The number of anilines is 1. The molecule has 2 saturated heterocycles. The lowest BCUT2D eigenvalue weighted by molar-refractivity contribution is -0.129. The third kappa shape index (κ3) is 7.85. The number of amides is 1. The molecule has 0 spiro atoms. The van der Waals surface area contributed by atoms with E-state index in [0.29, 0.717) is 54.4 Å². The number of likely N-dealkylation sites (N-methyl/N-ethyl adjacent to an activating group) is 1. The number of halogens is 2. The minimum absolute atomic E-state index is 0.130. The minimum atomic E-state index is -0.419. The molecule has 2 aromatic heterocycles. The van der Waals surface area contributed by atoms with Gasteiger partial charge in [0.1, 0.15) is 28.8 Å². The number of nitriles is 1. The Bertz CT molecular complexity index is 1830. The van der Waals surface area contributed by atoms with Crippen LogP contribution in [0.4, 0.5) is 5.95 Å². The van der Waals surface area contributed by atoms with Crippen LogP contribution in [-0.2, 0) is 16.1 Å². The number of carbonyl (C=O) groups excluding carboxylic acids is 1. The molecule has 2 fully saturated rings. The van der Waals surface area contributed by atoms with E-state index in [1.807, 2.05) is 6.08 Å². The maximum Gasteiger partial charge on any atom is 0.264 e. The van der Waals surface area contributed by atoms with E-state index in [1.165, 1.54) is 18.8 Å². The number of methoxy groups -OCH3 is 2.